The van der Waals surface area contributed by atoms with Crippen LogP contribution in [0.3, 0.4) is 0 Å². The molecular weight excluding hydrogens is 440 g/mol. The third-order valence-corrected chi connectivity index (χ3v) is 12.5. The first-order valence-electron chi connectivity index (χ1n) is 12.4. The second-order valence-corrected chi connectivity index (χ2v) is 16.2. The molecule has 1 heterocycles. The number of aliphatic carboxylic acids is 1. The second-order valence-electron chi connectivity index (χ2n) is 11.1. The monoisotopic (exact) mass is 486 g/mol. The largest absolute Gasteiger partial charge is 0.481 e. The van der Waals surface area contributed by atoms with Gasteiger partial charge >= 0.3 is 5.97 Å². The van der Waals surface area contributed by atoms with Crippen LogP contribution in [-0.2, 0) is 18.7 Å². The van der Waals surface area contributed by atoms with Gasteiger partial charge in [0, 0.05) is 31.3 Å². The first-order chi connectivity index (χ1) is 15.0. The molecule has 1 aliphatic carbocycles. The molecule has 1 saturated carbocycles. The molecule has 1 unspecified atom stereocenters. The molecule has 0 spiro atoms. The molecule has 5 nitrogen and oxygen atoms in total. The molecule has 0 aromatic heterocycles. The van der Waals surface area contributed by atoms with Crippen molar-refractivity contribution in [1.82, 2.24) is 0 Å². The highest BCUT2D eigenvalue weighted by molar-refractivity contribution is 7.80. The lowest BCUT2D eigenvalue weighted by Crippen LogP contribution is -2.44. The van der Waals surface area contributed by atoms with Gasteiger partial charge in [-0.3, -0.25) is 4.79 Å². The van der Waals surface area contributed by atoms with Gasteiger partial charge in [0.2, 0.25) is 0 Å². The molecule has 4 atom stereocenters. The topological polar surface area (TPSA) is 65.0 Å². The van der Waals surface area contributed by atoms with Gasteiger partial charge in [-0.15, -0.1) is 0 Å². The molecule has 1 saturated heterocycles. The molecule has 0 radical (unpaired) electrons. The van der Waals surface area contributed by atoms with E-state index in [1.165, 1.54) is 12.0 Å². The molecule has 0 aromatic carbocycles. The third-order valence-electron chi connectivity index (χ3n) is 7.57. The summed E-state index contributed by atoms with van der Waals surface area (Å²) in [6, 6.07) is 0. The molecule has 2 rings (SSSR count). The van der Waals surface area contributed by atoms with Gasteiger partial charge in [0.1, 0.15) is 0 Å². The van der Waals surface area contributed by atoms with Crippen LogP contribution in [0, 0.1) is 11.8 Å². The lowest BCUT2D eigenvalue weighted by atomic mass is 9.89. The van der Waals surface area contributed by atoms with E-state index in [2.05, 4.69) is 52.6 Å². The summed E-state index contributed by atoms with van der Waals surface area (Å²) in [6.07, 6.45) is 10.5. The highest BCUT2D eigenvalue weighted by Gasteiger charge is 2.42. The van der Waals surface area contributed by atoms with Crippen molar-refractivity contribution in [1.29, 1.82) is 0 Å². The Bertz CT molecular complexity index is 610. The number of thiol groups is 1. The SMILES string of the molecule is CC(C)(C)[Si](C)(C)OC[C@@H]1[C@@H](C/C(=C\CCCC(=O)O)CS)CC[C@H]1OC1CCCCO1. The van der Waals surface area contributed by atoms with Crippen LogP contribution in [0.2, 0.25) is 18.1 Å². The summed E-state index contributed by atoms with van der Waals surface area (Å²) in [7, 11) is -1.84. The minimum atomic E-state index is -1.84. The summed E-state index contributed by atoms with van der Waals surface area (Å²) >= 11 is 4.56. The van der Waals surface area contributed by atoms with Gasteiger partial charge in [0.15, 0.2) is 14.6 Å². The summed E-state index contributed by atoms with van der Waals surface area (Å²) < 4.78 is 19.1. The minimum Gasteiger partial charge on any atom is -0.481 e. The first kappa shape index (κ1) is 27.9. The molecule has 1 N–H and O–H groups in total. The quantitative estimate of drug-likeness (QED) is 0.144. The summed E-state index contributed by atoms with van der Waals surface area (Å²) in [4.78, 5) is 10.8. The van der Waals surface area contributed by atoms with Gasteiger partial charge in [0.25, 0.3) is 0 Å². The maximum Gasteiger partial charge on any atom is 0.303 e. The number of hydrogen-bond donors (Lipinski definition) is 2. The molecule has 7 heteroatoms. The number of hydrogen-bond acceptors (Lipinski definition) is 5. The van der Waals surface area contributed by atoms with E-state index in [9.17, 15) is 4.79 Å². The molecular formula is C25H46O5SSi. The van der Waals surface area contributed by atoms with Gasteiger partial charge in [-0.25, -0.2) is 0 Å². The van der Waals surface area contributed by atoms with E-state index < -0.39 is 14.3 Å². The fourth-order valence-corrected chi connectivity index (χ4v) is 5.72. The Morgan fingerprint density at radius 1 is 1.22 bits per heavy atom. The summed E-state index contributed by atoms with van der Waals surface area (Å²) in [5.41, 5.74) is 1.32. The van der Waals surface area contributed by atoms with Gasteiger partial charge in [-0.2, -0.15) is 12.6 Å². The average Bonchev–Trinajstić information content (AvgIpc) is 3.09. The van der Waals surface area contributed by atoms with Crippen molar-refractivity contribution in [3.05, 3.63) is 11.6 Å². The standard InChI is InChI=1S/C25H46O5SSi/c1-25(2,3)32(4,5)29-17-21-20(16-19(18-31)10-6-7-11-23(26)27)13-14-22(21)30-24-12-8-9-15-28-24/h10,20-22,24,31H,6-9,11-18H2,1-5H3,(H,26,27)/b19-10+/t20-,21-,22-,24?/m1/s1. The van der Waals surface area contributed by atoms with Crippen LogP contribution in [0.1, 0.15) is 78.6 Å². The Morgan fingerprint density at radius 3 is 2.56 bits per heavy atom. The maximum absolute atomic E-state index is 10.8. The highest BCUT2D eigenvalue weighted by atomic mass is 32.1. The third kappa shape index (κ3) is 8.78. The maximum atomic E-state index is 10.8. The molecule has 32 heavy (non-hydrogen) atoms. The molecule has 2 fully saturated rings. The highest BCUT2D eigenvalue weighted by Crippen LogP contribution is 2.42. The lowest BCUT2D eigenvalue weighted by molar-refractivity contribution is -0.197. The first-order valence-corrected chi connectivity index (χ1v) is 16.0. The molecule has 0 bridgehead atoms. The van der Waals surface area contributed by atoms with Gasteiger partial charge in [-0.1, -0.05) is 32.4 Å². The van der Waals surface area contributed by atoms with Gasteiger partial charge in [-0.05, 0) is 75.4 Å². The number of unbranched alkanes of at least 4 members (excludes halogenated alkanes) is 1. The van der Waals surface area contributed by atoms with Gasteiger partial charge in [0.05, 0.1) is 6.10 Å². The van der Waals surface area contributed by atoms with Crippen molar-refractivity contribution < 1.29 is 23.8 Å². The number of carbonyl (C=O) groups is 1. The summed E-state index contributed by atoms with van der Waals surface area (Å²) in [6.45, 7) is 13.0. The van der Waals surface area contributed by atoms with Crippen molar-refractivity contribution in [3.8, 4) is 0 Å². The van der Waals surface area contributed by atoms with E-state index in [4.69, 9.17) is 19.0 Å². The Labute approximate surface area is 202 Å². The molecule has 1 aliphatic heterocycles. The predicted octanol–water partition coefficient (Wildman–Crippen LogP) is 6.45. The van der Waals surface area contributed by atoms with Crippen molar-refractivity contribution in [2.24, 2.45) is 11.8 Å². The van der Waals surface area contributed by atoms with E-state index in [-0.39, 0.29) is 23.9 Å². The normalized spacial score (nSPS) is 27.6. The zero-order chi connectivity index (χ0) is 23.8. The number of allylic oxidation sites excluding steroid dienone is 1. The second kappa shape index (κ2) is 12.9. The predicted molar refractivity (Wildman–Crippen MR) is 136 cm³/mol. The van der Waals surface area contributed by atoms with Crippen molar-refractivity contribution in [3.63, 3.8) is 0 Å². The lowest BCUT2D eigenvalue weighted by Gasteiger charge is -2.39. The molecule has 0 amide bonds. The van der Waals surface area contributed by atoms with Crippen molar-refractivity contribution in [2.75, 3.05) is 19.0 Å². The molecule has 186 valence electrons. The Kier molecular flexibility index (Phi) is 11.3. The minimum absolute atomic E-state index is 0.0706. The fraction of sp³-hybridized carbons (Fsp3) is 0.880. The van der Waals surface area contributed by atoms with E-state index in [0.29, 0.717) is 18.3 Å². The molecule has 2 aliphatic rings. The van der Waals surface area contributed by atoms with Crippen LogP contribution < -0.4 is 0 Å². The number of carboxylic acid groups (broad SMARTS) is 1. The van der Waals surface area contributed by atoms with Crippen LogP contribution in [0.15, 0.2) is 11.6 Å². The van der Waals surface area contributed by atoms with E-state index in [1.54, 1.807) is 0 Å². The van der Waals surface area contributed by atoms with Crippen LogP contribution in [0.25, 0.3) is 0 Å². The van der Waals surface area contributed by atoms with Crippen molar-refractivity contribution in [2.45, 2.75) is 109 Å². The fourth-order valence-electron chi connectivity index (χ4n) is 4.42. The zero-order valence-corrected chi connectivity index (χ0v) is 22.8. The summed E-state index contributed by atoms with van der Waals surface area (Å²) in [5.74, 6) is 0.856. The number of rotatable bonds is 12. The van der Waals surface area contributed by atoms with E-state index in [0.717, 1.165) is 57.5 Å². The Morgan fingerprint density at radius 2 is 1.97 bits per heavy atom. The smallest absolute Gasteiger partial charge is 0.303 e. The van der Waals surface area contributed by atoms with Crippen LogP contribution in [0.5, 0.6) is 0 Å². The zero-order valence-electron chi connectivity index (χ0n) is 20.9. The van der Waals surface area contributed by atoms with E-state index >= 15 is 0 Å². The van der Waals surface area contributed by atoms with Crippen molar-refractivity contribution >= 4 is 26.9 Å². The van der Waals surface area contributed by atoms with Crippen LogP contribution in [0.4, 0.5) is 0 Å². The van der Waals surface area contributed by atoms with E-state index in [1.807, 2.05) is 0 Å². The summed E-state index contributed by atoms with van der Waals surface area (Å²) in [5, 5.41) is 9.06. The van der Waals surface area contributed by atoms with Crippen LogP contribution in [-0.4, -0.2) is 50.8 Å². The number of carboxylic acids is 1. The average molecular weight is 487 g/mol. The Balaban J connectivity index is 2.05. The van der Waals surface area contributed by atoms with Gasteiger partial charge < -0.3 is 19.0 Å². The Hall–Kier alpha value is -0.343. The van der Waals surface area contributed by atoms with Crippen LogP contribution >= 0.6 is 12.6 Å². The molecule has 0 aromatic rings. The number of ether oxygens (including phenoxy) is 2.